The molecule has 2 unspecified atom stereocenters. The highest BCUT2D eigenvalue weighted by Gasteiger charge is 2.37. The van der Waals surface area contributed by atoms with Gasteiger partial charge >= 0.3 is 5.97 Å². The summed E-state index contributed by atoms with van der Waals surface area (Å²) in [4.78, 5) is 11.5. The Labute approximate surface area is 109 Å². The lowest BCUT2D eigenvalue weighted by Crippen LogP contribution is -2.53. The molecule has 1 N–H and O–H groups in total. The first-order valence-corrected chi connectivity index (χ1v) is 6.70. The number of hydrogen-bond acceptors (Lipinski definition) is 3. The Morgan fingerprint density at radius 1 is 1.33 bits per heavy atom. The number of carboxylic acid groups (broad SMARTS) is 1. The van der Waals surface area contributed by atoms with Gasteiger partial charge in [-0.2, -0.15) is 0 Å². The van der Waals surface area contributed by atoms with Gasteiger partial charge in [-0.25, -0.2) is 10.0 Å². The van der Waals surface area contributed by atoms with Crippen LogP contribution >= 0.6 is 0 Å². The van der Waals surface area contributed by atoms with Crippen LogP contribution in [0.5, 0.6) is 0 Å². The molecule has 2 aliphatic rings. The zero-order valence-corrected chi connectivity index (χ0v) is 11.1. The second kappa shape index (κ2) is 5.67. The number of carbonyl (C=O) groups is 1. The second-order valence-corrected chi connectivity index (χ2v) is 5.32. The summed E-state index contributed by atoms with van der Waals surface area (Å²) in [5.41, 5.74) is 0. The number of aliphatic carboxylic acids is 1. The highest BCUT2D eigenvalue weighted by molar-refractivity contribution is 5.73. The van der Waals surface area contributed by atoms with Gasteiger partial charge in [0, 0.05) is 19.1 Å². The first kappa shape index (κ1) is 13.3. The van der Waals surface area contributed by atoms with Crippen LogP contribution in [-0.2, 0) is 4.79 Å². The molecule has 0 spiro atoms. The van der Waals surface area contributed by atoms with E-state index in [1.807, 2.05) is 19.9 Å². The smallest absolute Gasteiger partial charge is 0.322 e. The number of allylic oxidation sites excluding steroid dienone is 2. The van der Waals surface area contributed by atoms with E-state index in [1.54, 1.807) is 0 Å². The molecule has 18 heavy (non-hydrogen) atoms. The molecule has 0 aromatic heterocycles. The van der Waals surface area contributed by atoms with Crippen molar-refractivity contribution in [3.05, 3.63) is 24.3 Å². The van der Waals surface area contributed by atoms with Crippen LogP contribution < -0.4 is 0 Å². The summed E-state index contributed by atoms with van der Waals surface area (Å²) in [5, 5.41) is 13.7. The fourth-order valence-corrected chi connectivity index (χ4v) is 2.85. The Kier molecular flexibility index (Phi) is 4.19. The van der Waals surface area contributed by atoms with Gasteiger partial charge in [0.25, 0.3) is 0 Å². The number of carboxylic acids is 1. The van der Waals surface area contributed by atoms with Crippen molar-refractivity contribution in [1.82, 2.24) is 10.0 Å². The van der Waals surface area contributed by atoms with Crippen molar-refractivity contribution < 1.29 is 9.90 Å². The minimum Gasteiger partial charge on any atom is -0.480 e. The molecular formula is C14H22N2O2. The summed E-state index contributed by atoms with van der Waals surface area (Å²) in [5.74, 6) is -0.599. The average molecular weight is 250 g/mol. The molecule has 0 amide bonds. The van der Waals surface area contributed by atoms with Crippen molar-refractivity contribution in [3.8, 4) is 0 Å². The van der Waals surface area contributed by atoms with Crippen LogP contribution in [0.3, 0.4) is 0 Å². The summed E-state index contributed by atoms with van der Waals surface area (Å²) in [6.07, 6.45) is 10.4. The normalized spacial score (nSPS) is 26.9. The van der Waals surface area contributed by atoms with E-state index in [4.69, 9.17) is 0 Å². The number of nitrogens with zero attached hydrogens (tertiary/aromatic N) is 2. The summed E-state index contributed by atoms with van der Waals surface area (Å²) in [7, 11) is 0. The van der Waals surface area contributed by atoms with Crippen molar-refractivity contribution in [2.75, 3.05) is 13.1 Å². The van der Waals surface area contributed by atoms with Gasteiger partial charge in [-0.1, -0.05) is 38.2 Å². The average Bonchev–Trinajstić information content (AvgIpc) is 2.78. The Hall–Kier alpha value is -1.13. The van der Waals surface area contributed by atoms with Gasteiger partial charge in [0.1, 0.15) is 6.04 Å². The Morgan fingerprint density at radius 3 is 2.67 bits per heavy atom. The molecule has 0 bridgehead atoms. The van der Waals surface area contributed by atoms with E-state index in [9.17, 15) is 9.90 Å². The molecule has 0 saturated carbocycles. The molecule has 1 heterocycles. The third-order valence-corrected chi connectivity index (χ3v) is 3.65. The zero-order valence-electron chi connectivity index (χ0n) is 11.1. The lowest BCUT2D eigenvalue weighted by Gasteiger charge is -2.38. The number of hydrogen-bond donors (Lipinski definition) is 1. The fraction of sp³-hybridized carbons (Fsp3) is 0.643. The molecule has 0 radical (unpaired) electrons. The standard InChI is InChI=1S/C14H22N2O2/c1-11(2)13(14(17)18)16-10-6-9-15(16)12-7-4-3-5-8-12/h3-5,7,11-13H,6,8-10H2,1-2H3,(H,17,18). The van der Waals surface area contributed by atoms with Crippen LogP contribution in [-0.4, -0.2) is 46.3 Å². The minimum absolute atomic E-state index is 0.117. The van der Waals surface area contributed by atoms with E-state index in [1.165, 1.54) is 0 Å². The van der Waals surface area contributed by atoms with Crippen molar-refractivity contribution in [2.45, 2.75) is 38.8 Å². The SMILES string of the molecule is CC(C)C(C(=O)O)N1CCCN1C1C=CC=CC1. The lowest BCUT2D eigenvalue weighted by atomic mass is 10.0. The number of hydrazine groups is 1. The van der Waals surface area contributed by atoms with Crippen molar-refractivity contribution in [3.63, 3.8) is 0 Å². The molecule has 1 aliphatic carbocycles. The van der Waals surface area contributed by atoms with Gasteiger partial charge in [-0.05, 0) is 18.8 Å². The van der Waals surface area contributed by atoms with Gasteiger partial charge in [-0.3, -0.25) is 4.79 Å². The summed E-state index contributed by atoms with van der Waals surface area (Å²) in [6.45, 7) is 5.76. The van der Waals surface area contributed by atoms with E-state index < -0.39 is 12.0 Å². The van der Waals surface area contributed by atoms with Crippen molar-refractivity contribution >= 4 is 5.97 Å². The molecular weight excluding hydrogens is 228 g/mol. The van der Waals surface area contributed by atoms with E-state index in [-0.39, 0.29) is 5.92 Å². The van der Waals surface area contributed by atoms with Gasteiger partial charge in [0.15, 0.2) is 0 Å². The van der Waals surface area contributed by atoms with Crippen molar-refractivity contribution in [1.29, 1.82) is 0 Å². The first-order chi connectivity index (χ1) is 8.61. The Morgan fingerprint density at radius 2 is 2.11 bits per heavy atom. The van der Waals surface area contributed by atoms with Gasteiger partial charge in [0.2, 0.25) is 0 Å². The Bertz CT molecular complexity index is 363. The van der Waals surface area contributed by atoms with Crippen LogP contribution in [0, 0.1) is 5.92 Å². The van der Waals surface area contributed by atoms with Gasteiger partial charge in [0.05, 0.1) is 0 Å². The molecule has 4 heteroatoms. The summed E-state index contributed by atoms with van der Waals surface area (Å²) >= 11 is 0. The highest BCUT2D eigenvalue weighted by Crippen LogP contribution is 2.25. The third kappa shape index (κ3) is 2.65. The van der Waals surface area contributed by atoms with Crippen LogP contribution in [0.4, 0.5) is 0 Å². The highest BCUT2D eigenvalue weighted by atomic mass is 16.4. The quantitative estimate of drug-likeness (QED) is 0.827. The first-order valence-electron chi connectivity index (χ1n) is 6.70. The molecule has 2 atom stereocenters. The van der Waals surface area contributed by atoms with E-state index >= 15 is 0 Å². The van der Waals surface area contributed by atoms with Gasteiger partial charge in [-0.15, -0.1) is 0 Å². The van der Waals surface area contributed by atoms with Crippen LogP contribution in [0.1, 0.15) is 26.7 Å². The monoisotopic (exact) mass is 250 g/mol. The molecule has 2 rings (SSSR count). The molecule has 0 aromatic carbocycles. The third-order valence-electron chi connectivity index (χ3n) is 3.65. The van der Waals surface area contributed by atoms with Crippen LogP contribution in [0.15, 0.2) is 24.3 Å². The van der Waals surface area contributed by atoms with Crippen LogP contribution in [0.25, 0.3) is 0 Å². The predicted octanol–water partition coefficient (Wildman–Crippen LogP) is 1.90. The molecule has 1 aliphatic heterocycles. The molecule has 100 valence electrons. The molecule has 1 saturated heterocycles. The largest absolute Gasteiger partial charge is 0.480 e. The maximum absolute atomic E-state index is 11.5. The van der Waals surface area contributed by atoms with Crippen molar-refractivity contribution in [2.24, 2.45) is 5.92 Å². The second-order valence-electron chi connectivity index (χ2n) is 5.32. The molecule has 4 nitrogen and oxygen atoms in total. The maximum Gasteiger partial charge on any atom is 0.322 e. The van der Waals surface area contributed by atoms with E-state index in [0.717, 1.165) is 25.9 Å². The topological polar surface area (TPSA) is 43.8 Å². The predicted molar refractivity (Wildman–Crippen MR) is 71.0 cm³/mol. The summed E-state index contributed by atoms with van der Waals surface area (Å²) < 4.78 is 0. The number of rotatable bonds is 4. The van der Waals surface area contributed by atoms with Crippen LogP contribution in [0.2, 0.25) is 0 Å². The van der Waals surface area contributed by atoms with E-state index in [0.29, 0.717) is 6.04 Å². The minimum atomic E-state index is -0.716. The fourth-order valence-electron chi connectivity index (χ4n) is 2.85. The van der Waals surface area contributed by atoms with Gasteiger partial charge < -0.3 is 5.11 Å². The summed E-state index contributed by atoms with van der Waals surface area (Å²) in [6, 6.07) is -0.0927. The lowest BCUT2D eigenvalue weighted by molar-refractivity contribution is -0.154. The maximum atomic E-state index is 11.5. The Balaban J connectivity index is 2.13. The molecule has 0 aromatic rings. The van der Waals surface area contributed by atoms with E-state index in [2.05, 4.69) is 28.2 Å². The molecule has 1 fully saturated rings. The zero-order chi connectivity index (χ0) is 13.1.